The van der Waals surface area contributed by atoms with Gasteiger partial charge in [0.1, 0.15) is 0 Å². The van der Waals surface area contributed by atoms with Crippen LogP contribution in [-0.2, 0) is 9.84 Å². The van der Waals surface area contributed by atoms with Crippen molar-refractivity contribution in [2.45, 2.75) is 48.0 Å². The summed E-state index contributed by atoms with van der Waals surface area (Å²) in [5.74, 6) is -5.79. The van der Waals surface area contributed by atoms with E-state index < -0.39 is 57.2 Å². The number of urea groups is 1. The first-order valence-electron chi connectivity index (χ1n) is 12.2. The van der Waals surface area contributed by atoms with Gasteiger partial charge in [-0.1, -0.05) is 11.6 Å². The second kappa shape index (κ2) is 11.7. The molecule has 2 aromatic rings. The zero-order valence-electron chi connectivity index (χ0n) is 20.5. The van der Waals surface area contributed by atoms with Crippen molar-refractivity contribution in [3.63, 3.8) is 0 Å². The van der Waals surface area contributed by atoms with Gasteiger partial charge in [-0.15, -0.1) is 0 Å². The second-order valence-electron chi connectivity index (χ2n) is 9.81. The first-order valence-corrected chi connectivity index (χ1v) is 14.2. The Hall–Kier alpha value is -2.87. The summed E-state index contributed by atoms with van der Waals surface area (Å²) in [4.78, 5) is 24.7. The molecule has 0 aromatic heterocycles. The van der Waals surface area contributed by atoms with Crippen LogP contribution in [0.15, 0.2) is 35.2 Å². The Morgan fingerprint density at radius 3 is 2.26 bits per heavy atom. The Morgan fingerprint density at radius 1 is 1.05 bits per heavy atom. The minimum absolute atomic E-state index is 0.0974. The number of benzene rings is 2. The van der Waals surface area contributed by atoms with E-state index >= 15 is 0 Å². The van der Waals surface area contributed by atoms with Crippen molar-refractivity contribution in [2.24, 2.45) is 11.8 Å². The summed E-state index contributed by atoms with van der Waals surface area (Å²) in [6.07, 6.45) is 0.839. The van der Waals surface area contributed by atoms with Crippen LogP contribution >= 0.6 is 11.6 Å². The molecule has 212 valence electrons. The van der Waals surface area contributed by atoms with Gasteiger partial charge < -0.3 is 26.2 Å². The van der Waals surface area contributed by atoms with E-state index in [0.717, 1.165) is 6.07 Å². The molecule has 2 aromatic carbocycles. The number of aliphatic hydroxyl groups excluding tert-OH is 2. The van der Waals surface area contributed by atoms with E-state index in [1.807, 2.05) is 0 Å². The Balaban J connectivity index is 1.47. The summed E-state index contributed by atoms with van der Waals surface area (Å²) >= 11 is 6.23. The van der Waals surface area contributed by atoms with Gasteiger partial charge in [0.15, 0.2) is 27.3 Å². The van der Waals surface area contributed by atoms with Crippen molar-refractivity contribution in [2.75, 3.05) is 18.5 Å². The van der Waals surface area contributed by atoms with Crippen LogP contribution in [-0.4, -0.2) is 61.1 Å². The largest absolute Gasteiger partial charge is 0.394 e. The minimum atomic E-state index is -4.01. The predicted octanol–water partition coefficient (Wildman–Crippen LogP) is 2.99. The molecule has 2 saturated carbocycles. The Morgan fingerprint density at radius 2 is 1.67 bits per heavy atom. The van der Waals surface area contributed by atoms with Gasteiger partial charge in [-0.2, -0.15) is 0 Å². The highest BCUT2D eigenvalue weighted by Gasteiger charge is 2.47. The van der Waals surface area contributed by atoms with E-state index in [2.05, 4.69) is 16.0 Å². The third kappa shape index (κ3) is 6.32. The average molecular weight is 590 g/mol. The van der Waals surface area contributed by atoms with Crippen molar-refractivity contribution in [3.8, 4) is 0 Å². The SMILES string of the molecule is O=C(NCC(O)CO)N[C@H]1C2CCC1C[C@@H](S(=O)(=O)c1cc(C(=O)Nc3cc(F)c(F)c(F)c3)ccc1Cl)C2. The standard InChI is InChI=1S/C25H27ClF3N3O6S/c26-18-4-3-14(24(35)31-15-8-19(27)22(29)20(28)9-15)7-21(18)39(37,38)17-5-12-1-2-13(6-17)23(12)32-25(36)30-10-16(34)11-33/h3-4,7-9,12-13,16-17,23,33-34H,1-2,5-6,10-11H2,(H,31,35)(H2,30,32,36)/t12?,13?,16?,17-,23-. The lowest BCUT2D eigenvalue weighted by atomic mass is 9.84. The lowest BCUT2D eigenvalue weighted by molar-refractivity contribution is 0.0955. The topological polar surface area (TPSA) is 145 Å². The van der Waals surface area contributed by atoms with Crippen LogP contribution < -0.4 is 16.0 Å². The monoisotopic (exact) mass is 589 g/mol. The van der Waals surface area contributed by atoms with Gasteiger partial charge in [0.25, 0.3) is 5.91 Å². The van der Waals surface area contributed by atoms with Crippen molar-refractivity contribution in [1.29, 1.82) is 0 Å². The fraction of sp³-hybridized carbons (Fsp3) is 0.440. The molecular formula is C25H27ClF3N3O6S. The van der Waals surface area contributed by atoms with Crippen LogP contribution in [0.1, 0.15) is 36.0 Å². The molecule has 39 heavy (non-hydrogen) atoms. The quantitative estimate of drug-likeness (QED) is 0.299. The number of aliphatic hydroxyl groups is 2. The molecule has 5 N–H and O–H groups in total. The maximum atomic E-state index is 13.6. The van der Waals surface area contributed by atoms with Crippen molar-refractivity contribution in [3.05, 3.63) is 58.4 Å². The Labute approximate surface area is 227 Å². The van der Waals surface area contributed by atoms with E-state index in [4.69, 9.17) is 16.7 Å². The molecule has 3 atom stereocenters. The highest BCUT2D eigenvalue weighted by Crippen LogP contribution is 2.46. The molecule has 14 heteroatoms. The van der Waals surface area contributed by atoms with Gasteiger partial charge in [0, 0.05) is 36.0 Å². The maximum Gasteiger partial charge on any atom is 0.315 e. The fourth-order valence-corrected chi connectivity index (χ4v) is 7.74. The van der Waals surface area contributed by atoms with Crippen LogP contribution in [0, 0.1) is 29.3 Å². The predicted molar refractivity (Wildman–Crippen MR) is 136 cm³/mol. The van der Waals surface area contributed by atoms with Gasteiger partial charge >= 0.3 is 6.03 Å². The lowest BCUT2D eigenvalue weighted by Gasteiger charge is -2.35. The van der Waals surface area contributed by atoms with E-state index in [-0.39, 0.29) is 58.4 Å². The summed E-state index contributed by atoms with van der Waals surface area (Å²) < 4.78 is 67.5. The minimum Gasteiger partial charge on any atom is -0.394 e. The first kappa shape index (κ1) is 29.1. The zero-order chi connectivity index (χ0) is 28.5. The molecule has 0 aliphatic heterocycles. The number of rotatable bonds is 8. The summed E-state index contributed by atoms with van der Waals surface area (Å²) in [6.45, 7) is -0.627. The van der Waals surface area contributed by atoms with Gasteiger partial charge in [0.05, 0.1) is 27.9 Å². The molecule has 2 aliphatic carbocycles. The summed E-state index contributed by atoms with van der Waals surface area (Å²) in [5, 5.41) is 24.9. The summed E-state index contributed by atoms with van der Waals surface area (Å²) in [6, 6.07) is 4.00. The molecule has 2 aliphatic rings. The second-order valence-corrected chi connectivity index (χ2v) is 12.4. The molecule has 0 heterocycles. The van der Waals surface area contributed by atoms with E-state index in [1.54, 1.807) is 0 Å². The van der Waals surface area contributed by atoms with Gasteiger partial charge in [-0.25, -0.2) is 26.4 Å². The van der Waals surface area contributed by atoms with Crippen LogP contribution in [0.4, 0.5) is 23.7 Å². The molecule has 0 radical (unpaired) electrons. The number of hydrogen-bond donors (Lipinski definition) is 5. The summed E-state index contributed by atoms with van der Waals surface area (Å²) in [7, 11) is -4.01. The normalized spacial score (nSPS) is 23.2. The van der Waals surface area contributed by atoms with Gasteiger partial charge in [0.2, 0.25) is 0 Å². The smallest absolute Gasteiger partial charge is 0.315 e. The molecular weight excluding hydrogens is 563 g/mol. The molecule has 3 amide bonds. The fourth-order valence-electron chi connectivity index (χ4n) is 5.31. The third-order valence-electron chi connectivity index (χ3n) is 7.24. The average Bonchev–Trinajstić information content (AvgIpc) is 3.10. The number of sulfone groups is 1. The molecule has 3 unspecified atom stereocenters. The van der Waals surface area contributed by atoms with Crippen molar-refractivity contribution >= 4 is 39.1 Å². The van der Waals surface area contributed by atoms with Gasteiger partial charge in [-0.05, 0) is 55.7 Å². The Kier molecular flexibility index (Phi) is 8.74. The van der Waals surface area contributed by atoms with Crippen LogP contribution in [0.2, 0.25) is 5.02 Å². The third-order valence-corrected chi connectivity index (χ3v) is 9.90. The van der Waals surface area contributed by atoms with Crippen LogP contribution in [0.3, 0.4) is 0 Å². The summed E-state index contributed by atoms with van der Waals surface area (Å²) in [5.41, 5.74) is -0.490. The number of hydrogen-bond acceptors (Lipinski definition) is 6. The number of fused-ring (bicyclic) bond motifs is 2. The maximum absolute atomic E-state index is 13.6. The van der Waals surface area contributed by atoms with Crippen LogP contribution in [0.5, 0.6) is 0 Å². The molecule has 4 rings (SSSR count). The van der Waals surface area contributed by atoms with Gasteiger partial charge in [-0.3, -0.25) is 4.79 Å². The molecule has 2 bridgehead atoms. The molecule has 0 spiro atoms. The van der Waals surface area contributed by atoms with E-state index in [0.29, 0.717) is 25.0 Å². The number of nitrogens with one attached hydrogen (secondary N) is 3. The molecule has 9 nitrogen and oxygen atoms in total. The number of anilines is 1. The highest BCUT2D eigenvalue weighted by molar-refractivity contribution is 7.92. The van der Waals surface area contributed by atoms with Crippen molar-refractivity contribution < 1.29 is 41.4 Å². The Bertz CT molecular complexity index is 1340. The number of halogens is 4. The first-order chi connectivity index (χ1) is 18.4. The van der Waals surface area contributed by atoms with E-state index in [9.17, 15) is 36.3 Å². The highest BCUT2D eigenvalue weighted by atomic mass is 35.5. The number of carbonyl (C=O) groups is 2. The number of amides is 3. The van der Waals surface area contributed by atoms with Crippen LogP contribution in [0.25, 0.3) is 0 Å². The van der Waals surface area contributed by atoms with E-state index in [1.165, 1.54) is 12.1 Å². The lowest BCUT2D eigenvalue weighted by Crippen LogP contribution is -2.51. The molecule has 0 saturated heterocycles. The number of carbonyl (C=O) groups excluding carboxylic acids is 2. The zero-order valence-corrected chi connectivity index (χ0v) is 22.0. The molecule has 2 fully saturated rings. The van der Waals surface area contributed by atoms with Crippen molar-refractivity contribution in [1.82, 2.24) is 10.6 Å².